The quantitative estimate of drug-likeness (QED) is 0.265. The number of hydrogen-bond acceptors (Lipinski definition) is 6. The van der Waals surface area contributed by atoms with Crippen molar-refractivity contribution >= 4 is 16.5 Å². The first-order valence-electron chi connectivity index (χ1n) is 2.17. The van der Waals surface area contributed by atoms with E-state index in [-0.39, 0.29) is 72.3 Å². The summed E-state index contributed by atoms with van der Waals surface area (Å²) in [5.74, 6) is 0. The van der Waals surface area contributed by atoms with Gasteiger partial charge in [-0.2, -0.15) is 0 Å². The van der Waals surface area contributed by atoms with Gasteiger partial charge in [-0.15, -0.1) is 9.05 Å². The Morgan fingerprint density at radius 1 is 0.917 bits per heavy atom. The molecule has 0 aromatic rings. The Balaban J connectivity index is -0.000000405. The third-order valence-electron chi connectivity index (χ3n) is 0.477. The summed E-state index contributed by atoms with van der Waals surface area (Å²) in [4.78, 5) is 19.3. The molecule has 0 aromatic carbocycles. The average Bonchev–Trinajstić information content (AvgIpc) is 1.79. The summed E-state index contributed by atoms with van der Waals surface area (Å²) < 4.78 is 27.2. The summed E-state index contributed by atoms with van der Waals surface area (Å²) in [6.45, 7) is -0.552. The van der Waals surface area contributed by atoms with Gasteiger partial charge in [-0.05, 0) is 9.13 Å². The minimum Gasteiger partial charge on any atom is -0.566 e. The fraction of sp³-hybridized carbons (Fsp3) is 1.00. The van der Waals surface area contributed by atoms with Crippen LogP contribution in [0.3, 0.4) is 0 Å². The fourth-order valence-corrected chi connectivity index (χ4v) is 0.671. The van der Waals surface area contributed by atoms with Crippen molar-refractivity contribution in [3.05, 3.63) is 0 Å². The maximum atomic E-state index is 9.65. The minimum absolute atomic E-state index is 0. The monoisotopic (exact) mass is 232 g/mol. The number of rotatable bonds is 5. The molecule has 0 radical (unpaired) electrons. The minimum atomic E-state index is -2.91. The van der Waals surface area contributed by atoms with Gasteiger partial charge < -0.3 is 9.79 Å². The second kappa shape index (κ2) is 13.0. The van der Waals surface area contributed by atoms with Crippen LogP contribution in [0.15, 0.2) is 0 Å². The normalized spacial score (nSPS) is 10.8. The van der Waals surface area contributed by atoms with E-state index in [1.807, 2.05) is 0 Å². The molecule has 0 aliphatic rings. The van der Waals surface area contributed by atoms with Crippen molar-refractivity contribution in [2.24, 2.45) is 0 Å². The van der Waals surface area contributed by atoms with Crippen LogP contribution in [0.2, 0.25) is 0 Å². The molecule has 12 heavy (non-hydrogen) atoms. The van der Waals surface area contributed by atoms with Crippen molar-refractivity contribution in [2.75, 3.05) is 13.2 Å². The molecule has 0 N–H and O–H groups in total. The molecule has 0 aliphatic heterocycles. The third kappa shape index (κ3) is 18.0. The molecule has 2 unspecified atom stereocenters. The van der Waals surface area contributed by atoms with Gasteiger partial charge in [0.2, 0.25) is 0 Å². The van der Waals surface area contributed by atoms with Gasteiger partial charge in [-0.1, -0.05) is 0 Å². The molecule has 58 valence electrons. The zero-order chi connectivity index (χ0) is 7.98. The van der Waals surface area contributed by atoms with Gasteiger partial charge in [0.1, 0.15) is 13.2 Å². The van der Waals surface area contributed by atoms with Crippen molar-refractivity contribution in [3.63, 3.8) is 0 Å². The molecule has 0 saturated carbocycles. The van der Waals surface area contributed by atoms with E-state index in [1.165, 1.54) is 0 Å². The summed E-state index contributed by atoms with van der Waals surface area (Å²) in [6, 6.07) is 0. The smallest absolute Gasteiger partial charge is 0.566 e. The summed E-state index contributed by atoms with van der Waals surface area (Å²) in [5.41, 5.74) is 0. The van der Waals surface area contributed by atoms with Gasteiger partial charge >= 0.3 is 75.6 Å². The first kappa shape index (κ1) is 19.6. The van der Waals surface area contributed by atoms with E-state index >= 15 is 0 Å². The molecule has 0 rings (SSSR count). The third-order valence-corrected chi connectivity index (χ3v) is 1.26. The largest absolute Gasteiger partial charge is 1.00 e. The van der Waals surface area contributed by atoms with Crippen LogP contribution < -0.4 is 68.9 Å². The molecular weight excluding hydrogens is 228 g/mol. The van der Waals surface area contributed by atoms with Crippen LogP contribution >= 0.6 is 16.5 Å². The molecule has 0 bridgehead atoms. The van der Waals surface area contributed by atoms with Crippen LogP contribution in [0.4, 0.5) is 0 Å². The maximum Gasteiger partial charge on any atom is 1.00 e. The molecule has 0 heterocycles. The summed E-state index contributed by atoms with van der Waals surface area (Å²) >= 11 is 0. The van der Waals surface area contributed by atoms with Crippen LogP contribution in [0.1, 0.15) is 0 Å². The predicted octanol–water partition coefficient (Wildman–Crippen LogP) is -6.94. The van der Waals surface area contributed by atoms with Crippen molar-refractivity contribution in [1.29, 1.82) is 0 Å². The van der Waals surface area contributed by atoms with Crippen LogP contribution in [0.5, 0.6) is 0 Å². The van der Waals surface area contributed by atoms with E-state index in [1.54, 1.807) is 0 Å². The molecule has 0 spiro atoms. The molecule has 0 fully saturated rings. The van der Waals surface area contributed by atoms with E-state index < -0.39 is 16.5 Å². The predicted molar refractivity (Wildman–Crippen MR) is 27.1 cm³/mol. The maximum absolute atomic E-state index is 9.65. The van der Waals surface area contributed by atoms with Crippen LogP contribution in [-0.4, -0.2) is 13.2 Å². The van der Waals surface area contributed by atoms with Gasteiger partial charge in [0, 0.05) is 0 Å². The Labute approximate surface area is 116 Å². The topological polar surface area (TPSA) is 98.7 Å². The fourth-order valence-electron chi connectivity index (χ4n) is 0.224. The molecule has 6 nitrogen and oxygen atoms in total. The number of hydrogen-bond donors (Lipinski definition) is 0. The second-order valence-corrected chi connectivity index (χ2v) is 2.52. The Morgan fingerprint density at radius 3 is 1.33 bits per heavy atom. The van der Waals surface area contributed by atoms with Crippen molar-refractivity contribution in [3.8, 4) is 0 Å². The van der Waals surface area contributed by atoms with E-state index in [0.29, 0.717) is 0 Å². The molecule has 0 aliphatic carbocycles. The first-order chi connectivity index (χ1) is 4.63. The summed E-state index contributed by atoms with van der Waals surface area (Å²) in [6.07, 6.45) is 0. The average molecular weight is 232 g/mol. The van der Waals surface area contributed by atoms with E-state index in [9.17, 15) is 18.9 Å². The summed E-state index contributed by atoms with van der Waals surface area (Å²) in [5, 5.41) is 0. The zero-order valence-corrected chi connectivity index (χ0v) is 12.5. The Bertz CT molecular complexity index is 126. The first-order valence-corrected chi connectivity index (χ1v) is 4.36. The molecule has 0 aromatic heterocycles. The van der Waals surface area contributed by atoms with Gasteiger partial charge in [0.15, 0.2) is 0 Å². The molecule has 0 saturated heterocycles. The van der Waals surface area contributed by atoms with Crippen molar-refractivity contribution < 1.29 is 87.1 Å². The van der Waals surface area contributed by atoms with Gasteiger partial charge in [-0.25, -0.2) is 0 Å². The molecule has 0 amide bonds. The van der Waals surface area contributed by atoms with E-state index in [2.05, 4.69) is 9.05 Å². The van der Waals surface area contributed by atoms with Gasteiger partial charge in [-0.3, -0.25) is 0 Å². The van der Waals surface area contributed by atoms with Gasteiger partial charge in [0.05, 0.1) is 0 Å². The zero-order valence-electron chi connectivity index (χ0n) is 6.76. The van der Waals surface area contributed by atoms with Crippen LogP contribution in [0, 0.1) is 0 Å². The van der Waals surface area contributed by atoms with E-state index in [4.69, 9.17) is 0 Å². The van der Waals surface area contributed by atoms with Crippen molar-refractivity contribution in [2.45, 2.75) is 0 Å². The Morgan fingerprint density at radius 2 is 1.17 bits per heavy atom. The van der Waals surface area contributed by atoms with Crippen molar-refractivity contribution in [1.82, 2.24) is 0 Å². The Hall–Kier alpha value is 2.04. The molecule has 10 heteroatoms. The Kier molecular flexibility index (Phi) is 21.3. The van der Waals surface area contributed by atoms with Gasteiger partial charge in [0.25, 0.3) is 0 Å². The standard InChI is InChI=1S/C2H4O6P2.2Na/c3-9(4)7-1-2-8-10(5)6;;/h1-2H2;;/q;2*+1. The molecular formula is C2H4Na2O6P2+2. The van der Waals surface area contributed by atoms with E-state index in [0.717, 1.165) is 0 Å². The molecule has 2 atom stereocenters. The van der Waals surface area contributed by atoms with Crippen LogP contribution in [-0.2, 0) is 18.2 Å². The SMILES string of the molecule is O=[P+]([O-])OCCO[P+](=O)[O-].[Na+].[Na+]. The van der Waals surface area contributed by atoms with Crippen LogP contribution in [0.25, 0.3) is 0 Å². The summed E-state index contributed by atoms with van der Waals surface area (Å²) in [7, 11) is -5.82. The second-order valence-electron chi connectivity index (χ2n) is 1.11.